The molecule has 0 heterocycles. The van der Waals surface area contributed by atoms with Crippen LogP contribution >= 0.6 is 0 Å². The van der Waals surface area contributed by atoms with Crippen LogP contribution in [0.15, 0.2) is 24.3 Å². The molecule has 7 heteroatoms. The van der Waals surface area contributed by atoms with Crippen LogP contribution in [0.5, 0.6) is 0 Å². The van der Waals surface area contributed by atoms with Gasteiger partial charge < -0.3 is 25.6 Å². The molecule has 0 saturated heterocycles. The molecule has 1 aromatic carbocycles. The molecular formula is C20H24N2O5. The summed E-state index contributed by atoms with van der Waals surface area (Å²) in [6.07, 6.45) is -0.570. The van der Waals surface area contributed by atoms with E-state index in [0.717, 1.165) is 0 Å². The van der Waals surface area contributed by atoms with Gasteiger partial charge in [-0.25, -0.2) is 4.79 Å². The topological polar surface area (TPSA) is 111 Å². The molecule has 0 fully saturated rings. The number of carbonyl (C=O) groups is 2. The van der Waals surface area contributed by atoms with Crippen molar-refractivity contribution < 1.29 is 24.2 Å². The summed E-state index contributed by atoms with van der Waals surface area (Å²) >= 11 is 0. The Labute approximate surface area is 159 Å². The number of methoxy groups -OCH3 is 2. The molecule has 1 unspecified atom stereocenters. The first-order chi connectivity index (χ1) is 12.7. The van der Waals surface area contributed by atoms with Crippen LogP contribution in [0, 0.1) is 23.7 Å². The van der Waals surface area contributed by atoms with E-state index in [4.69, 9.17) is 20.3 Å². The molecule has 1 amide bonds. The molecule has 0 aromatic heterocycles. The summed E-state index contributed by atoms with van der Waals surface area (Å²) in [6.45, 7) is 3.04. The minimum absolute atomic E-state index is 0.207. The first-order valence-corrected chi connectivity index (χ1v) is 8.15. The van der Waals surface area contributed by atoms with Crippen molar-refractivity contribution in [2.75, 3.05) is 20.8 Å². The Morgan fingerprint density at radius 1 is 1.22 bits per heavy atom. The van der Waals surface area contributed by atoms with Gasteiger partial charge in [0, 0.05) is 23.8 Å². The van der Waals surface area contributed by atoms with Gasteiger partial charge in [0.2, 0.25) is 0 Å². The zero-order valence-electron chi connectivity index (χ0n) is 15.8. The van der Waals surface area contributed by atoms with Gasteiger partial charge in [-0.05, 0) is 50.0 Å². The molecule has 2 atom stereocenters. The summed E-state index contributed by atoms with van der Waals surface area (Å²) in [4.78, 5) is 24.2. The largest absolute Gasteiger partial charge is 0.467 e. The van der Waals surface area contributed by atoms with Gasteiger partial charge in [-0.2, -0.15) is 0 Å². The maximum Gasteiger partial charge on any atom is 0.330 e. The number of aliphatic hydroxyl groups excluding tert-OH is 1. The zero-order chi connectivity index (χ0) is 20.4. The highest BCUT2D eigenvalue weighted by Crippen LogP contribution is 2.10. The molecule has 1 rings (SSSR count). The molecular weight excluding hydrogens is 348 g/mol. The molecule has 1 aromatic rings. The smallest absolute Gasteiger partial charge is 0.330 e. The van der Waals surface area contributed by atoms with E-state index in [9.17, 15) is 9.59 Å². The molecule has 0 bridgehead atoms. The number of hydrogen-bond acceptors (Lipinski definition) is 6. The van der Waals surface area contributed by atoms with Gasteiger partial charge in [-0.1, -0.05) is 11.8 Å². The summed E-state index contributed by atoms with van der Waals surface area (Å²) in [6, 6.07) is 5.49. The van der Waals surface area contributed by atoms with Crippen LogP contribution in [0.25, 0.3) is 0 Å². The van der Waals surface area contributed by atoms with Crippen molar-refractivity contribution in [2.45, 2.75) is 31.5 Å². The Balaban J connectivity index is 2.84. The van der Waals surface area contributed by atoms with Gasteiger partial charge in [-0.15, -0.1) is 0 Å². The van der Waals surface area contributed by atoms with Gasteiger partial charge in [0.05, 0.1) is 13.7 Å². The third kappa shape index (κ3) is 7.12. The molecule has 0 aliphatic carbocycles. The maximum atomic E-state index is 12.4. The first kappa shape index (κ1) is 22.2. The SMILES string of the molecule is COC(=O)[C@@H](NC(=O)c1ccc(C#CC#CC(CO)OC)cc1)C(C)(C)N. The van der Waals surface area contributed by atoms with E-state index in [-0.39, 0.29) is 6.61 Å². The van der Waals surface area contributed by atoms with Crippen LogP contribution < -0.4 is 11.1 Å². The van der Waals surface area contributed by atoms with Gasteiger partial charge in [0.25, 0.3) is 5.91 Å². The monoisotopic (exact) mass is 372 g/mol. The first-order valence-electron chi connectivity index (χ1n) is 8.15. The number of aliphatic hydroxyl groups is 1. The number of amides is 1. The lowest BCUT2D eigenvalue weighted by Crippen LogP contribution is -2.59. The molecule has 7 nitrogen and oxygen atoms in total. The van der Waals surface area contributed by atoms with Crippen LogP contribution in [0.2, 0.25) is 0 Å². The summed E-state index contributed by atoms with van der Waals surface area (Å²) in [5.41, 5.74) is 5.97. The second-order valence-corrected chi connectivity index (χ2v) is 6.25. The van der Waals surface area contributed by atoms with Gasteiger partial charge in [0.1, 0.15) is 12.1 Å². The van der Waals surface area contributed by atoms with Gasteiger partial charge in [-0.3, -0.25) is 4.79 Å². The number of nitrogens with one attached hydrogen (secondary N) is 1. The fourth-order valence-electron chi connectivity index (χ4n) is 1.98. The van der Waals surface area contributed by atoms with Crippen molar-refractivity contribution in [3.05, 3.63) is 35.4 Å². The lowest BCUT2D eigenvalue weighted by molar-refractivity contribution is -0.144. The average molecular weight is 372 g/mol. The van der Waals surface area contributed by atoms with E-state index in [0.29, 0.717) is 11.1 Å². The van der Waals surface area contributed by atoms with Crippen LogP contribution in [-0.2, 0) is 14.3 Å². The quantitative estimate of drug-likeness (QED) is 0.481. The molecule has 144 valence electrons. The van der Waals surface area contributed by atoms with Crippen LogP contribution in [0.4, 0.5) is 0 Å². The number of hydrogen-bond donors (Lipinski definition) is 3. The Kier molecular flexibility index (Phi) is 8.50. The van der Waals surface area contributed by atoms with Crippen molar-refractivity contribution in [1.29, 1.82) is 0 Å². The number of benzene rings is 1. The van der Waals surface area contributed by atoms with E-state index >= 15 is 0 Å². The van der Waals surface area contributed by atoms with E-state index in [1.165, 1.54) is 14.2 Å². The number of esters is 1. The second-order valence-electron chi connectivity index (χ2n) is 6.25. The van der Waals surface area contributed by atoms with E-state index in [1.807, 2.05) is 0 Å². The van der Waals surface area contributed by atoms with Crippen LogP contribution in [0.1, 0.15) is 29.8 Å². The second kappa shape index (κ2) is 10.3. The van der Waals surface area contributed by atoms with Crippen molar-refractivity contribution in [1.82, 2.24) is 5.32 Å². The molecule has 0 radical (unpaired) electrons. The average Bonchev–Trinajstić information content (AvgIpc) is 2.65. The minimum atomic E-state index is -0.985. The Hall–Kier alpha value is -2.84. The fourth-order valence-corrected chi connectivity index (χ4v) is 1.98. The summed E-state index contributed by atoms with van der Waals surface area (Å²) < 4.78 is 9.59. The van der Waals surface area contributed by atoms with Crippen molar-refractivity contribution in [3.63, 3.8) is 0 Å². The van der Waals surface area contributed by atoms with Crippen molar-refractivity contribution in [2.24, 2.45) is 5.73 Å². The van der Waals surface area contributed by atoms with Gasteiger partial charge >= 0.3 is 5.97 Å². The van der Waals surface area contributed by atoms with Crippen molar-refractivity contribution in [3.8, 4) is 23.7 Å². The fraction of sp³-hybridized carbons (Fsp3) is 0.400. The van der Waals surface area contributed by atoms with Crippen LogP contribution in [-0.4, -0.2) is 55.5 Å². The van der Waals surface area contributed by atoms with Crippen molar-refractivity contribution >= 4 is 11.9 Å². The number of ether oxygens (including phenoxy) is 2. The number of nitrogens with two attached hydrogens (primary N) is 1. The Morgan fingerprint density at radius 3 is 2.33 bits per heavy atom. The highest BCUT2D eigenvalue weighted by Gasteiger charge is 2.34. The normalized spacial score (nSPS) is 12.5. The number of rotatable bonds is 6. The molecule has 27 heavy (non-hydrogen) atoms. The highest BCUT2D eigenvalue weighted by molar-refractivity contribution is 5.97. The predicted molar refractivity (Wildman–Crippen MR) is 101 cm³/mol. The van der Waals surface area contributed by atoms with E-state index in [1.54, 1.807) is 38.1 Å². The molecule has 0 spiro atoms. The third-order valence-electron chi connectivity index (χ3n) is 3.56. The van der Waals surface area contributed by atoms with E-state index < -0.39 is 29.6 Å². The minimum Gasteiger partial charge on any atom is -0.467 e. The third-order valence-corrected chi connectivity index (χ3v) is 3.56. The molecule has 0 aliphatic heterocycles. The lowest BCUT2D eigenvalue weighted by atomic mass is 9.95. The van der Waals surface area contributed by atoms with Gasteiger partial charge in [0.15, 0.2) is 0 Å². The van der Waals surface area contributed by atoms with Crippen LogP contribution in [0.3, 0.4) is 0 Å². The lowest BCUT2D eigenvalue weighted by Gasteiger charge is -2.28. The highest BCUT2D eigenvalue weighted by atomic mass is 16.5. The Morgan fingerprint density at radius 2 is 1.85 bits per heavy atom. The summed E-state index contributed by atoms with van der Waals surface area (Å²) in [5, 5.41) is 11.5. The zero-order valence-corrected chi connectivity index (χ0v) is 15.8. The standard InChI is InChI=1S/C20H24N2O5/c1-20(2,21)17(19(25)27-4)22-18(24)15-11-9-14(10-12-15)7-5-6-8-16(13-23)26-3/h9-12,16-17,23H,13,21H2,1-4H3,(H,22,24)/t16?,17-/m1/s1. The maximum absolute atomic E-state index is 12.4. The summed E-state index contributed by atoms with van der Waals surface area (Å²) in [7, 11) is 2.68. The molecule has 0 aliphatic rings. The molecule has 4 N–H and O–H groups in total. The predicted octanol–water partition coefficient (Wildman–Crippen LogP) is 0.0575. The summed E-state index contributed by atoms with van der Waals surface area (Å²) in [5.74, 6) is 9.65. The molecule has 0 saturated carbocycles. The Bertz CT molecular complexity index is 769. The van der Waals surface area contributed by atoms with E-state index in [2.05, 4.69) is 29.0 Å². The number of carbonyl (C=O) groups excluding carboxylic acids is 2.